The summed E-state index contributed by atoms with van der Waals surface area (Å²) in [5.41, 5.74) is 0.703. The zero-order valence-electron chi connectivity index (χ0n) is 11.1. The molecule has 0 saturated carbocycles. The van der Waals surface area contributed by atoms with E-state index in [9.17, 15) is 13.2 Å². The van der Waals surface area contributed by atoms with E-state index < -0.39 is 15.9 Å². The van der Waals surface area contributed by atoms with Gasteiger partial charge in [0, 0.05) is 11.9 Å². The molecule has 0 aliphatic carbocycles. The summed E-state index contributed by atoms with van der Waals surface area (Å²) in [6, 6.07) is 8.69. The third-order valence-corrected chi connectivity index (χ3v) is 3.58. The van der Waals surface area contributed by atoms with Gasteiger partial charge in [0.25, 0.3) is 5.91 Å². The Labute approximate surface area is 121 Å². The molecule has 8 heteroatoms. The minimum absolute atomic E-state index is 0.0283. The van der Waals surface area contributed by atoms with Crippen molar-refractivity contribution < 1.29 is 17.9 Å². The topological polar surface area (TPSA) is 111 Å². The smallest absolute Gasteiger partial charge is 0.261 e. The number of primary sulfonamides is 1. The van der Waals surface area contributed by atoms with E-state index in [0.29, 0.717) is 5.69 Å². The molecule has 110 valence electrons. The van der Waals surface area contributed by atoms with E-state index in [1.54, 1.807) is 12.1 Å². The zero-order chi connectivity index (χ0) is 15.5. The van der Waals surface area contributed by atoms with Gasteiger partial charge in [-0.2, -0.15) is 0 Å². The second-order valence-electron chi connectivity index (χ2n) is 4.08. The van der Waals surface area contributed by atoms with Crippen LogP contribution < -0.4 is 15.2 Å². The van der Waals surface area contributed by atoms with Gasteiger partial charge in [-0.25, -0.2) is 18.5 Å². The maximum Gasteiger partial charge on any atom is 0.261 e. The number of carbonyl (C=O) groups is 1. The van der Waals surface area contributed by atoms with Gasteiger partial charge >= 0.3 is 0 Å². The summed E-state index contributed by atoms with van der Waals surface area (Å²) in [6.07, 6.45) is 1.51. The summed E-state index contributed by atoms with van der Waals surface area (Å²) in [5.74, 6) is -0.209. The number of hydrogen-bond acceptors (Lipinski definition) is 5. The number of sulfonamides is 1. The fourth-order valence-corrected chi connectivity index (χ4v) is 2.17. The Kier molecular flexibility index (Phi) is 4.20. The summed E-state index contributed by atoms with van der Waals surface area (Å²) in [7, 11) is -2.34. The number of nitrogens with one attached hydrogen (secondary N) is 1. The number of methoxy groups -OCH3 is 1. The lowest BCUT2D eigenvalue weighted by Crippen LogP contribution is -2.14. The van der Waals surface area contributed by atoms with Crippen molar-refractivity contribution in [3.63, 3.8) is 0 Å². The predicted molar refractivity (Wildman–Crippen MR) is 76.6 cm³/mol. The Bertz CT molecular complexity index is 757. The Morgan fingerprint density at radius 3 is 2.48 bits per heavy atom. The van der Waals surface area contributed by atoms with Crippen LogP contribution in [0.15, 0.2) is 47.5 Å². The van der Waals surface area contributed by atoms with Crippen LogP contribution in [0.5, 0.6) is 5.88 Å². The third-order valence-electron chi connectivity index (χ3n) is 2.65. The molecule has 7 nitrogen and oxygen atoms in total. The molecule has 0 aliphatic heterocycles. The number of benzene rings is 1. The second kappa shape index (κ2) is 5.90. The lowest BCUT2D eigenvalue weighted by Gasteiger charge is -2.08. The summed E-state index contributed by atoms with van der Waals surface area (Å²) >= 11 is 0. The van der Waals surface area contributed by atoms with Crippen molar-refractivity contribution in [1.29, 1.82) is 0 Å². The molecule has 1 heterocycles. The van der Waals surface area contributed by atoms with E-state index in [1.165, 1.54) is 37.6 Å². The van der Waals surface area contributed by atoms with E-state index in [-0.39, 0.29) is 16.3 Å². The average Bonchev–Trinajstić information content (AvgIpc) is 2.46. The number of rotatable bonds is 4. The third kappa shape index (κ3) is 3.56. The molecule has 0 bridgehead atoms. The summed E-state index contributed by atoms with van der Waals surface area (Å²) in [5, 5.41) is 7.61. The Hall–Kier alpha value is -2.45. The maximum atomic E-state index is 12.1. The molecule has 0 aliphatic rings. The van der Waals surface area contributed by atoms with Crippen LogP contribution in [-0.4, -0.2) is 26.4 Å². The standard InChI is InChI=1S/C13H13N3O4S/c1-20-13-11(3-2-8-15-13)12(17)16-9-4-6-10(7-5-9)21(14,18)19/h2-8H,1H3,(H,16,17)(H2,14,18,19). The first kappa shape index (κ1) is 14.9. The summed E-state index contributed by atoms with van der Waals surface area (Å²) < 4.78 is 27.3. The van der Waals surface area contributed by atoms with Crippen LogP contribution in [0.4, 0.5) is 5.69 Å². The molecule has 2 aromatic rings. The average molecular weight is 307 g/mol. The number of amides is 1. The van der Waals surface area contributed by atoms with Gasteiger partial charge in [-0.3, -0.25) is 4.79 Å². The first-order valence-corrected chi connectivity index (χ1v) is 7.39. The molecule has 0 atom stereocenters. The first-order valence-electron chi connectivity index (χ1n) is 5.85. The summed E-state index contributed by atoms with van der Waals surface area (Å²) in [4.78, 5) is 16.0. The van der Waals surface area contributed by atoms with E-state index >= 15 is 0 Å². The number of ether oxygens (including phenoxy) is 1. The molecule has 0 saturated heterocycles. The monoisotopic (exact) mass is 307 g/mol. The fourth-order valence-electron chi connectivity index (χ4n) is 1.65. The van der Waals surface area contributed by atoms with Crippen molar-refractivity contribution in [2.75, 3.05) is 12.4 Å². The molecule has 1 aromatic heterocycles. The van der Waals surface area contributed by atoms with Crippen molar-refractivity contribution in [3.8, 4) is 5.88 Å². The largest absolute Gasteiger partial charge is 0.480 e. The molecule has 0 fully saturated rings. The highest BCUT2D eigenvalue weighted by molar-refractivity contribution is 7.89. The normalized spacial score (nSPS) is 11.0. The number of hydrogen-bond donors (Lipinski definition) is 2. The number of anilines is 1. The Balaban J connectivity index is 2.20. The van der Waals surface area contributed by atoms with Crippen molar-refractivity contribution in [2.24, 2.45) is 5.14 Å². The first-order chi connectivity index (χ1) is 9.91. The van der Waals surface area contributed by atoms with Crippen molar-refractivity contribution in [2.45, 2.75) is 4.90 Å². The van der Waals surface area contributed by atoms with E-state index in [1.807, 2.05) is 0 Å². The van der Waals surface area contributed by atoms with Crippen molar-refractivity contribution in [3.05, 3.63) is 48.2 Å². The Morgan fingerprint density at radius 2 is 1.90 bits per heavy atom. The maximum absolute atomic E-state index is 12.1. The van der Waals surface area contributed by atoms with E-state index in [0.717, 1.165) is 0 Å². The van der Waals surface area contributed by atoms with Crippen LogP contribution >= 0.6 is 0 Å². The molecule has 2 rings (SSSR count). The number of carbonyl (C=O) groups excluding carboxylic acids is 1. The van der Waals surface area contributed by atoms with Gasteiger partial charge in [0.05, 0.1) is 12.0 Å². The van der Waals surface area contributed by atoms with Crippen LogP contribution in [0.25, 0.3) is 0 Å². The van der Waals surface area contributed by atoms with Gasteiger partial charge in [-0.05, 0) is 36.4 Å². The molecule has 21 heavy (non-hydrogen) atoms. The highest BCUT2D eigenvalue weighted by atomic mass is 32.2. The lowest BCUT2D eigenvalue weighted by molar-refractivity contribution is 0.102. The van der Waals surface area contributed by atoms with Gasteiger partial charge < -0.3 is 10.1 Å². The minimum Gasteiger partial charge on any atom is -0.480 e. The van der Waals surface area contributed by atoms with E-state index in [4.69, 9.17) is 9.88 Å². The van der Waals surface area contributed by atoms with Crippen LogP contribution in [0.3, 0.4) is 0 Å². The molecular formula is C13H13N3O4S. The van der Waals surface area contributed by atoms with Crippen LogP contribution in [-0.2, 0) is 10.0 Å². The lowest BCUT2D eigenvalue weighted by atomic mass is 10.2. The van der Waals surface area contributed by atoms with Crippen LogP contribution in [0.2, 0.25) is 0 Å². The van der Waals surface area contributed by atoms with Crippen molar-refractivity contribution in [1.82, 2.24) is 4.98 Å². The molecule has 1 amide bonds. The number of nitrogens with zero attached hydrogens (tertiary/aromatic N) is 1. The molecule has 3 N–H and O–H groups in total. The summed E-state index contributed by atoms with van der Waals surface area (Å²) in [6.45, 7) is 0. The quantitative estimate of drug-likeness (QED) is 0.875. The molecule has 0 spiro atoms. The van der Waals surface area contributed by atoms with Crippen LogP contribution in [0, 0.1) is 0 Å². The molecule has 0 radical (unpaired) electrons. The number of pyridine rings is 1. The molecular weight excluding hydrogens is 294 g/mol. The van der Waals surface area contributed by atoms with E-state index in [2.05, 4.69) is 10.3 Å². The van der Waals surface area contributed by atoms with Gasteiger partial charge in [-0.1, -0.05) is 0 Å². The molecule has 0 unspecified atom stereocenters. The molecule has 1 aromatic carbocycles. The SMILES string of the molecule is COc1ncccc1C(=O)Nc1ccc(S(N)(=O)=O)cc1. The van der Waals surface area contributed by atoms with Crippen molar-refractivity contribution >= 4 is 21.6 Å². The fraction of sp³-hybridized carbons (Fsp3) is 0.0769. The predicted octanol–water partition coefficient (Wildman–Crippen LogP) is 0.990. The van der Waals surface area contributed by atoms with Gasteiger partial charge in [0.2, 0.25) is 15.9 Å². The van der Waals surface area contributed by atoms with Gasteiger partial charge in [0.15, 0.2) is 0 Å². The highest BCUT2D eigenvalue weighted by Gasteiger charge is 2.13. The van der Waals surface area contributed by atoms with Gasteiger partial charge in [-0.15, -0.1) is 0 Å². The second-order valence-corrected chi connectivity index (χ2v) is 5.65. The highest BCUT2D eigenvalue weighted by Crippen LogP contribution is 2.17. The zero-order valence-corrected chi connectivity index (χ0v) is 11.9. The number of nitrogens with two attached hydrogens (primary N) is 1. The van der Waals surface area contributed by atoms with Crippen LogP contribution in [0.1, 0.15) is 10.4 Å². The van der Waals surface area contributed by atoms with Gasteiger partial charge in [0.1, 0.15) is 5.56 Å². The minimum atomic E-state index is -3.75. The Morgan fingerprint density at radius 1 is 1.24 bits per heavy atom. The number of aromatic nitrogens is 1.